The Morgan fingerprint density at radius 1 is 1.33 bits per heavy atom. The van der Waals surface area contributed by atoms with Crippen LogP contribution in [0.4, 0.5) is 0 Å². The SMILES string of the molecule is CCCNC(COC)CSc1nnc(C2CC2)n1C1CC1. The smallest absolute Gasteiger partial charge is 0.191 e. The third kappa shape index (κ3) is 3.99. The summed E-state index contributed by atoms with van der Waals surface area (Å²) in [6, 6.07) is 1.05. The fraction of sp³-hybridized carbons (Fsp3) is 0.867. The molecule has 1 atom stereocenters. The lowest BCUT2D eigenvalue weighted by Crippen LogP contribution is -2.36. The molecule has 1 aromatic rings. The zero-order chi connectivity index (χ0) is 14.7. The molecule has 5 nitrogen and oxygen atoms in total. The van der Waals surface area contributed by atoms with Crippen molar-refractivity contribution in [3.8, 4) is 0 Å². The first-order valence-electron chi connectivity index (χ1n) is 8.13. The number of ether oxygens (including phenoxy) is 1. The van der Waals surface area contributed by atoms with E-state index >= 15 is 0 Å². The van der Waals surface area contributed by atoms with Crippen molar-refractivity contribution in [2.45, 2.75) is 62.2 Å². The van der Waals surface area contributed by atoms with Crippen LogP contribution in [0.25, 0.3) is 0 Å². The molecule has 2 fully saturated rings. The summed E-state index contributed by atoms with van der Waals surface area (Å²) in [6.07, 6.45) is 6.32. The summed E-state index contributed by atoms with van der Waals surface area (Å²) in [7, 11) is 1.77. The van der Waals surface area contributed by atoms with E-state index in [9.17, 15) is 0 Å². The molecule has 0 saturated heterocycles. The lowest BCUT2D eigenvalue weighted by molar-refractivity contribution is 0.174. The second-order valence-corrected chi connectivity index (χ2v) is 7.12. The maximum Gasteiger partial charge on any atom is 0.191 e. The van der Waals surface area contributed by atoms with E-state index in [-0.39, 0.29) is 0 Å². The van der Waals surface area contributed by atoms with Gasteiger partial charge in [-0.25, -0.2) is 0 Å². The van der Waals surface area contributed by atoms with Crippen LogP contribution >= 0.6 is 11.8 Å². The summed E-state index contributed by atoms with van der Waals surface area (Å²) < 4.78 is 7.74. The summed E-state index contributed by atoms with van der Waals surface area (Å²) in [5, 5.41) is 13.6. The largest absolute Gasteiger partial charge is 0.383 e. The van der Waals surface area contributed by atoms with Gasteiger partial charge in [-0.2, -0.15) is 0 Å². The van der Waals surface area contributed by atoms with Crippen LogP contribution in [0.3, 0.4) is 0 Å². The zero-order valence-electron chi connectivity index (χ0n) is 13.0. The molecule has 1 N–H and O–H groups in total. The number of thioether (sulfide) groups is 1. The van der Waals surface area contributed by atoms with Gasteiger partial charge in [-0.15, -0.1) is 10.2 Å². The molecular formula is C15H26N4OS. The van der Waals surface area contributed by atoms with Gasteiger partial charge in [0.25, 0.3) is 0 Å². The lowest BCUT2D eigenvalue weighted by atomic mass is 10.3. The summed E-state index contributed by atoms with van der Waals surface area (Å²) in [6.45, 7) is 3.98. The predicted molar refractivity (Wildman–Crippen MR) is 84.9 cm³/mol. The van der Waals surface area contributed by atoms with E-state index in [1.54, 1.807) is 7.11 Å². The van der Waals surface area contributed by atoms with Gasteiger partial charge in [0.15, 0.2) is 5.16 Å². The maximum atomic E-state index is 5.31. The Labute approximate surface area is 131 Å². The van der Waals surface area contributed by atoms with Crippen LogP contribution in [0.1, 0.15) is 56.8 Å². The molecule has 0 aromatic carbocycles. The standard InChI is InChI=1S/C15H26N4OS/c1-3-8-16-12(9-20-2)10-21-15-18-17-14(11-4-5-11)19(15)13-6-7-13/h11-13,16H,3-10H2,1-2H3. The number of rotatable bonds is 10. The third-order valence-corrected chi connectivity index (χ3v) is 5.12. The Balaban J connectivity index is 1.61. The number of methoxy groups -OCH3 is 1. The number of hydrogen-bond donors (Lipinski definition) is 1. The topological polar surface area (TPSA) is 52.0 Å². The molecule has 0 bridgehead atoms. The van der Waals surface area contributed by atoms with Gasteiger partial charge in [-0.1, -0.05) is 18.7 Å². The van der Waals surface area contributed by atoms with E-state index < -0.39 is 0 Å². The lowest BCUT2D eigenvalue weighted by Gasteiger charge is -2.17. The van der Waals surface area contributed by atoms with Gasteiger partial charge in [0.05, 0.1) is 6.61 Å². The van der Waals surface area contributed by atoms with E-state index in [0.29, 0.717) is 18.0 Å². The molecule has 0 aliphatic heterocycles. The van der Waals surface area contributed by atoms with Crippen LogP contribution in [-0.4, -0.2) is 46.8 Å². The van der Waals surface area contributed by atoms with Crippen molar-refractivity contribution in [1.29, 1.82) is 0 Å². The molecule has 1 aromatic heterocycles. The Morgan fingerprint density at radius 2 is 2.14 bits per heavy atom. The van der Waals surface area contributed by atoms with Crippen LogP contribution < -0.4 is 5.32 Å². The minimum atomic E-state index is 0.383. The molecule has 118 valence electrons. The predicted octanol–water partition coefficient (Wildman–Crippen LogP) is 2.60. The molecule has 2 aliphatic rings. The summed E-state index contributed by atoms with van der Waals surface area (Å²) in [5.41, 5.74) is 0. The minimum Gasteiger partial charge on any atom is -0.383 e. The van der Waals surface area contributed by atoms with E-state index in [1.165, 1.54) is 31.5 Å². The maximum absolute atomic E-state index is 5.31. The number of nitrogens with one attached hydrogen (secondary N) is 1. The molecule has 1 heterocycles. The average Bonchev–Trinajstić information content (AvgIpc) is 3.40. The monoisotopic (exact) mass is 310 g/mol. The van der Waals surface area contributed by atoms with Gasteiger partial charge in [0, 0.05) is 30.9 Å². The van der Waals surface area contributed by atoms with Gasteiger partial charge in [0.2, 0.25) is 0 Å². The fourth-order valence-electron chi connectivity index (χ4n) is 2.57. The second kappa shape index (κ2) is 7.11. The fourth-order valence-corrected chi connectivity index (χ4v) is 3.62. The molecule has 0 spiro atoms. The van der Waals surface area contributed by atoms with E-state index in [2.05, 4.69) is 27.0 Å². The van der Waals surface area contributed by atoms with Gasteiger partial charge in [-0.05, 0) is 38.6 Å². The highest BCUT2D eigenvalue weighted by molar-refractivity contribution is 7.99. The Kier molecular flexibility index (Phi) is 5.19. The summed E-state index contributed by atoms with van der Waals surface area (Å²) in [4.78, 5) is 0. The first-order valence-corrected chi connectivity index (χ1v) is 9.12. The average molecular weight is 310 g/mol. The first-order chi connectivity index (χ1) is 10.3. The minimum absolute atomic E-state index is 0.383. The van der Waals surface area contributed by atoms with Crippen molar-refractivity contribution >= 4 is 11.8 Å². The van der Waals surface area contributed by atoms with Crippen LogP contribution in [0.5, 0.6) is 0 Å². The molecule has 0 radical (unpaired) electrons. The van der Waals surface area contributed by atoms with Crippen LogP contribution in [0, 0.1) is 0 Å². The third-order valence-electron chi connectivity index (χ3n) is 4.01. The van der Waals surface area contributed by atoms with E-state index in [1.807, 2.05) is 11.8 Å². The molecule has 6 heteroatoms. The van der Waals surface area contributed by atoms with Crippen molar-refractivity contribution in [3.63, 3.8) is 0 Å². The highest BCUT2D eigenvalue weighted by Gasteiger charge is 2.36. The van der Waals surface area contributed by atoms with E-state index in [4.69, 9.17) is 4.74 Å². The van der Waals surface area contributed by atoms with Crippen molar-refractivity contribution in [2.24, 2.45) is 0 Å². The quantitative estimate of drug-likeness (QED) is 0.673. The van der Waals surface area contributed by atoms with Crippen molar-refractivity contribution in [2.75, 3.05) is 26.0 Å². The van der Waals surface area contributed by atoms with Gasteiger partial charge >= 0.3 is 0 Å². The molecule has 21 heavy (non-hydrogen) atoms. The second-order valence-electron chi connectivity index (χ2n) is 6.13. The number of nitrogens with zero attached hydrogens (tertiary/aromatic N) is 3. The van der Waals surface area contributed by atoms with Crippen molar-refractivity contribution < 1.29 is 4.74 Å². The van der Waals surface area contributed by atoms with Crippen molar-refractivity contribution in [3.05, 3.63) is 5.82 Å². The number of hydrogen-bond acceptors (Lipinski definition) is 5. The van der Waals surface area contributed by atoms with Crippen molar-refractivity contribution in [1.82, 2.24) is 20.1 Å². The molecule has 1 unspecified atom stereocenters. The highest BCUT2D eigenvalue weighted by atomic mass is 32.2. The van der Waals surface area contributed by atoms with Gasteiger partial charge in [0.1, 0.15) is 5.82 Å². The Hall–Kier alpha value is -0.590. The highest BCUT2D eigenvalue weighted by Crippen LogP contribution is 2.45. The van der Waals surface area contributed by atoms with Crippen LogP contribution in [0.2, 0.25) is 0 Å². The zero-order valence-corrected chi connectivity index (χ0v) is 13.9. The number of aromatic nitrogens is 3. The molecule has 2 aliphatic carbocycles. The van der Waals surface area contributed by atoms with E-state index in [0.717, 1.165) is 30.5 Å². The first kappa shape index (κ1) is 15.3. The normalized spacial score (nSPS) is 19.9. The molecular weight excluding hydrogens is 284 g/mol. The molecule has 3 rings (SSSR count). The Morgan fingerprint density at radius 3 is 2.76 bits per heavy atom. The van der Waals surface area contributed by atoms with Gasteiger partial charge in [-0.3, -0.25) is 0 Å². The van der Waals surface area contributed by atoms with Gasteiger partial charge < -0.3 is 14.6 Å². The Bertz CT molecular complexity index is 457. The molecule has 0 amide bonds. The van der Waals surface area contributed by atoms with Crippen LogP contribution in [-0.2, 0) is 4.74 Å². The van der Waals surface area contributed by atoms with Crippen LogP contribution in [0.15, 0.2) is 5.16 Å². The molecule has 2 saturated carbocycles. The summed E-state index contributed by atoms with van der Waals surface area (Å²) in [5.74, 6) is 2.91. The summed E-state index contributed by atoms with van der Waals surface area (Å²) >= 11 is 1.83.